The summed E-state index contributed by atoms with van der Waals surface area (Å²) >= 11 is 0. The minimum atomic E-state index is 0.324. The molecule has 0 amide bonds. The third-order valence-corrected chi connectivity index (χ3v) is 5.81. The van der Waals surface area contributed by atoms with Crippen LogP contribution in [0.15, 0.2) is 30.3 Å². The molecular formula is C22H27N5. The Morgan fingerprint density at radius 3 is 2.56 bits per heavy atom. The van der Waals surface area contributed by atoms with Crippen molar-refractivity contribution in [3.63, 3.8) is 0 Å². The average molecular weight is 361 g/mol. The molecule has 2 fully saturated rings. The smallest absolute Gasteiger partial charge is 0.142 e. The predicted molar refractivity (Wildman–Crippen MR) is 110 cm³/mol. The highest BCUT2D eigenvalue weighted by Crippen LogP contribution is 2.32. The molecule has 2 aromatic rings. The van der Waals surface area contributed by atoms with Crippen LogP contribution in [0, 0.1) is 11.3 Å². The number of hydrogen-bond acceptors (Lipinski definition) is 5. The topological polar surface area (TPSA) is 78.0 Å². The molecule has 0 radical (unpaired) electrons. The zero-order valence-corrected chi connectivity index (χ0v) is 15.7. The zero-order valence-electron chi connectivity index (χ0n) is 15.7. The van der Waals surface area contributed by atoms with Crippen molar-refractivity contribution in [2.24, 2.45) is 0 Å². The van der Waals surface area contributed by atoms with Gasteiger partial charge < -0.3 is 16.0 Å². The number of nitrogens with two attached hydrogens (primary N) is 1. The molecule has 0 saturated carbocycles. The fourth-order valence-electron chi connectivity index (χ4n) is 4.29. The van der Waals surface area contributed by atoms with Crippen molar-refractivity contribution in [3.8, 4) is 17.3 Å². The Kier molecular flexibility index (Phi) is 5.26. The summed E-state index contributed by atoms with van der Waals surface area (Å²) in [7, 11) is 0. The highest BCUT2D eigenvalue weighted by Gasteiger charge is 2.22. The van der Waals surface area contributed by atoms with E-state index >= 15 is 0 Å². The SMILES string of the molecule is N#Cc1c([C@H]2CCCNC2)cc(-c2ccc(N3CCCCC3)cc2)nc1N. The van der Waals surface area contributed by atoms with Crippen LogP contribution in [-0.4, -0.2) is 31.2 Å². The van der Waals surface area contributed by atoms with Crippen LogP contribution >= 0.6 is 0 Å². The van der Waals surface area contributed by atoms with Crippen molar-refractivity contribution in [3.05, 3.63) is 41.5 Å². The first kappa shape index (κ1) is 17.8. The Bertz CT molecular complexity index is 825. The van der Waals surface area contributed by atoms with E-state index in [0.717, 1.165) is 55.8 Å². The van der Waals surface area contributed by atoms with Crippen molar-refractivity contribution in [2.45, 2.75) is 38.0 Å². The van der Waals surface area contributed by atoms with Gasteiger partial charge in [0.25, 0.3) is 0 Å². The molecule has 4 rings (SSSR count). The van der Waals surface area contributed by atoms with Crippen molar-refractivity contribution in [2.75, 3.05) is 36.8 Å². The summed E-state index contributed by atoms with van der Waals surface area (Å²) in [5, 5.41) is 13.0. The largest absolute Gasteiger partial charge is 0.383 e. The van der Waals surface area contributed by atoms with Crippen LogP contribution in [0.5, 0.6) is 0 Å². The van der Waals surface area contributed by atoms with Crippen LogP contribution in [0.1, 0.15) is 49.1 Å². The Morgan fingerprint density at radius 1 is 1.11 bits per heavy atom. The molecule has 140 valence electrons. The van der Waals surface area contributed by atoms with Crippen LogP contribution in [0.3, 0.4) is 0 Å². The first-order chi connectivity index (χ1) is 13.3. The van der Waals surface area contributed by atoms with Gasteiger partial charge in [0.05, 0.1) is 11.3 Å². The number of nitrogens with one attached hydrogen (secondary N) is 1. The third kappa shape index (κ3) is 3.77. The number of pyridine rings is 1. The maximum absolute atomic E-state index is 9.58. The summed E-state index contributed by atoms with van der Waals surface area (Å²) in [5.74, 6) is 0.667. The summed E-state index contributed by atoms with van der Waals surface area (Å²) in [6.45, 7) is 4.22. The van der Waals surface area contributed by atoms with Gasteiger partial charge in [-0.15, -0.1) is 0 Å². The fraction of sp³-hybridized carbons (Fsp3) is 0.455. The number of benzene rings is 1. The van der Waals surface area contributed by atoms with Gasteiger partial charge in [-0.2, -0.15) is 5.26 Å². The van der Waals surface area contributed by atoms with Crippen molar-refractivity contribution in [1.82, 2.24) is 10.3 Å². The van der Waals surface area contributed by atoms with E-state index < -0.39 is 0 Å². The Morgan fingerprint density at radius 2 is 1.89 bits per heavy atom. The lowest BCUT2D eigenvalue weighted by Crippen LogP contribution is -2.29. The molecule has 1 atom stereocenters. The molecular weight excluding hydrogens is 334 g/mol. The summed E-state index contributed by atoms with van der Waals surface area (Å²) in [4.78, 5) is 6.98. The van der Waals surface area contributed by atoms with E-state index in [-0.39, 0.29) is 0 Å². The molecule has 2 aliphatic heterocycles. The summed E-state index contributed by atoms with van der Waals surface area (Å²) in [6, 6.07) is 13.0. The van der Waals surface area contributed by atoms with Gasteiger partial charge in [-0.1, -0.05) is 12.1 Å². The fourth-order valence-corrected chi connectivity index (χ4v) is 4.29. The van der Waals surface area contributed by atoms with E-state index in [1.165, 1.54) is 24.9 Å². The molecule has 2 aliphatic rings. The van der Waals surface area contributed by atoms with Gasteiger partial charge in [0.1, 0.15) is 11.9 Å². The molecule has 0 bridgehead atoms. The van der Waals surface area contributed by atoms with Gasteiger partial charge in [0.2, 0.25) is 0 Å². The molecule has 1 aromatic carbocycles. The van der Waals surface area contributed by atoms with Crippen LogP contribution in [0.2, 0.25) is 0 Å². The average Bonchev–Trinajstić information content (AvgIpc) is 2.74. The molecule has 0 spiro atoms. The Balaban J connectivity index is 1.65. The number of nitrogens with zero attached hydrogens (tertiary/aromatic N) is 3. The molecule has 27 heavy (non-hydrogen) atoms. The summed E-state index contributed by atoms with van der Waals surface area (Å²) in [5.41, 5.74) is 10.9. The standard InChI is InChI=1S/C22H27N5/c23-14-20-19(17-5-4-10-25-15-17)13-21(26-22(20)24)16-6-8-18(9-7-16)27-11-2-1-3-12-27/h6-9,13,17,25H,1-5,10-12,15H2,(H2,24,26)/t17-/m0/s1. The molecule has 0 unspecified atom stereocenters. The summed E-state index contributed by atoms with van der Waals surface area (Å²) < 4.78 is 0. The Hall–Kier alpha value is -2.58. The van der Waals surface area contributed by atoms with Crippen molar-refractivity contribution in [1.29, 1.82) is 5.26 Å². The number of nitrogen functional groups attached to an aromatic ring is 1. The molecule has 1 aromatic heterocycles. The predicted octanol–water partition coefficient (Wildman–Crippen LogP) is 3.66. The summed E-state index contributed by atoms with van der Waals surface area (Å²) in [6.07, 6.45) is 6.08. The van der Waals surface area contributed by atoms with Gasteiger partial charge in [-0.05, 0) is 68.3 Å². The van der Waals surface area contributed by atoms with Crippen LogP contribution < -0.4 is 16.0 Å². The number of anilines is 2. The first-order valence-electron chi connectivity index (χ1n) is 10.0. The third-order valence-electron chi connectivity index (χ3n) is 5.81. The molecule has 0 aliphatic carbocycles. The highest BCUT2D eigenvalue weighted by atomic mass is 15.1. The normalized spacial score (nSPS) is 20.3. The monoisotopic (exact) mass is 361 g/mol. The second-order valence-electron chi connectivity index (χ2n) is 7.61. The van der Waals surface area contributed by atoms with Gasteiger partial charge in [0, 0.05) is 30.9 Å². The van der Waals surface area contributed by atoms with Gasteiger partial charge in [-0.3, -0.25) is 0 Å². The zero-order chi connectivity index (χ0) is 18.6. The van der Waals surface area contributed by atoms with Gasteiger partial charge in [-0.25, -0.2) is 4.98 Å². The van der Waals surface area contributed by atoms with Crippen LogP contribution in [0.25, 0.3) is 11.3 Å². The minimum absolute atomic E-state index is 0.324. The van der Waals surface area contributed by atoms with Crippen LogP contribution in [-0.2, 0) is 0 Å². The Labute approximate surface area is 161 Å². The molecule has 3 N–H and O–H groups in total. The van der Waals surface area contributed by atoms with Gasteiger partial charge in [0.15, 0.2) is 0 Å². The lowest BCUT2D eigenvalue weighted by atomic mass is 9.88. The first-order valence-corrected chi connectivity index (χ1v) is 10.0. The molecule has 3 heterocycles. The van der Waals surface area contributed by atoms with Gasteiger partial charge >= 0.3 is 0 Å². The minimum Gasteiger partial charge on any atom is -0.383 e. The maximum atomic E-state index is 9.58. The lowest BCUT2D eigenvalue weighted by Gasteiger charge is -2.29. The number of nitriles is 1. The van der Waals surface area contributed by atoms with Crippen molar-refractivity contribution < 1.29 is 0 Å². The lowest BCUT2D eigenvalue weighted by molar-refractivity contribution is 0.461. The van der Waals surface area contributed by atoms with E-state index in [1.807, 2.05) is 0 Å². The number of aromatic nitrogens is 1. The maximum Gasteiger partial charge on any atom is 0.142 e. The highest BCUT2D eigenvalue weighted by molar-refractivity contribution is 5.68. The number of piperidine rings is 2. The van der Waals surface area contributed by atoms with E-state index in [0.29, 0.717) is 17.3 Å². The van der Waals surface area contributed by atoms with Crippen molar-refractivity contribution >= 4 is 11.5 Å². The molecule has 5 nitrogen and oxygen atoms in total. The van der Waals surface area contributed by atoms with E-state index in [2.05, 4.69) is 51.6 Å². The quantitative estimate of drug-likeness (QED) is 0.872. The van der Waals surface area contributed by atoms with E-state index in [1.54, 1.807) is 0 Å². The number of rotatable bonds is 3. The van der Waals surface area contributed by atoms with Crippen LogP contribution in [0.4, 0.5) is 11.5 Å². The second-order valence-corrected chi connectivity index (χ2v) is 7.61. The molecule has 5 heteroatoms. The van der Waals surface area contributed by atoms with E-state index in [4.69, 9.17) is 5.73 Å². The second kappa shape index (κ2) is 7.98. The molecule has 2 saturated heterocycles. The van der Waals surface area contributed by atoms with E-state index in [9.17, 15) is 5.26 Å². The number of hydrogen-bond donors (Lipinski definition) is 2.